The van der Waals surface area contributed by atoms with Gasteiger partial charge in [-0.1, -0.05) is 11.8 Å². The number of ketones is 2. The quantitative estimate of drug-likeness (QED) is 0.259. The zero-order valence-electron chi connectivity index (χ0n) is 17.7. The summed E-state index contributed by atoms with van der Waals surface area (Å²) in [7, 11) is 1.59. The van der Waals surface area contributed by atoms with Crippen LogP contribution in [0.4, 0.5) is 0 Å². The Kier molecular flexibility index (Phi) is 18.0. The van der Waals surface area contributed by atoms with Gasteiger partial charge < -0.3 is 24.8 Å². The molecule has 0 saturated heterocycles. The highest BCUT2D eigenvalue weighted by Crippen LogP contribution is 2.04. The molecule has 0 aliphatic heterocycles. The second-order valence-electron chi connectivity index (χ2n) is 6.20. The molecule has 0 unspecified atom stereocenters. The number of amides is 2. The zero-order valence-corrected chi connectivity index (χ0v) is 18.5. The van der Waals surface area contributed by atoms with E-state index in [1.54, 1.807) is 7.11 Å². The molecule has 0 fully saturated rings. The van der Waals surface area contributed by atoms with E-state index in [0.717, 1.165) is 11.8 Å². The van der Waals surface area contributed by atoms with Crippen molar-refractivity contribution in [2.45, 2.75) is 32.6 Å². The van der Waals surface area contributed by atoms with Gasteiger partial charge in [-0.05, 0) is 0 Å². The molecular weight excluding hydrogens is 416 g/mol. The van der Waals surface area contributed by atoms with Crippen LogP contribution < -0.4 is 10.6 Å². The first kappa shape index (κ1) is 28.2. The second-order valence-corrected chi connectivity index (χ2v) is 7.35. The van der Waals surface area contributed by atoms with Crippen molar-refractivity contribution in [2.75, 3.05) is 59.0 Å². The maximum Gasteiger partial charge on any atom is 0.220 e. The van der Waals surface area contributed by atoms with Gasteiger partial charge in [0.05, 0.1) is 45.3 Å². The minimum atomic E-state index is -0.419. The van der Waals surface area contributed by atoms with Crippen LogP contribution in [0.5, 0.6) is 0 Å². The van der Waals surface area contributed by atoms with E-state index in [1.807, 2.05) is 0 Å². The largest absolute Gasteiger partial charge is 0.382 e. The van der Waals surface area contributed by atoms with Crippen LogP contribution in [0.25, 0.3) is 0 Å². The van der Waals surface area contributed by atoms with Crippen LogP contribution in [0.3, 0.4) is 0 Å². The van der Waals surface area contributed by atoms with E-state index < -0.39 is 5.91 Å². The Hall–Kier alpha value is -1.82. The average Bonchev–Trinajstić information content (AvgIpc) is 2.72. The number of ether oxygens (including phenoxy) is 3. The van der Waals surface area contributed by atoms with Crippen LogP contribution in [-0.2, 0) is 38.2 Å². The molecule has 0 heterocycles. The van der Waals surface area contributed by atoms with Gasteiger partial charge in [-0.25, -0.2) is 0 Å². The Balaban J connectivity index is 3.62. The van der Waals surface area contributed by atoms with E-state index in [0.29, 0.717) is 39.6 Å². The summed E-state index contributed by atoms with van der Waals surface area (Å²) in [5.41, 5.74) is 0. The highest BCUT2D eigenvalue weighted by molar-refractivity contribution is 8.14. The van der Waals surface area contributed by atoms with Gasteiger partial charge >= 0.3 is 0 Å². The van der Waals surface area contributed by atoms with E-state index in [4.69, 9.17) is 14.2 Å². The molecule has 2 N–H and O–H groups in total. The topological polar surface area (TPSA) is 137 Å². The van der Waals surface area contributed by atoms with Gasteiger partial charge in [0.1, 0.15) is 5.78 Å². The average molecular weight is 449 g/mol. The first-order chi connectivity index (χ1) is 14.3. The van der Waals surface area contributed by atoms with Crippen LogP contribution >= 0.6 is 11.8 Å². The summed E-state index contributed by atoms with van der Waals surface area (Å²) in [4.78, 5) is 57.3. The third kappa shape index (κ3) is 19.5. The fourth-order valence-corrected chi connectivity index (χ4v) is 2.46. The summed E-state index contributed by atoms with van der Waals surface area (Å²) >= 11 is 0.901. The molecule has 0 aromatic heterocycles. The lowest BCUT2D eigenvalue weighted by molar-refractivity contribution is -0.127. The number of methoxy groups -OCH3 is 1. The fraction of sp³-hybridized carbons (Fsp3) is 0.737. The Morgan fingerprint density at radius 3 is 1.93 bits per heavy atom. The number of hydrogen-bond donors (Lipinski definition) is 2. The number of carbonyl (C=O) groups is 5. The monoisotopic (exact) mass is 448 g/mol. The maximum atomic E-state index is 11.7. The molecule has 30 heavy (non-hydrogen) atoms. The molecule has 0 aromatic carbocycles. The fourth-order valence-electron chi connectivity index (χ4n) is 1.95. The molecule has 0 atom stereocenters. The van der Waals surface area contributed by atoms with Crippen molar-refractivity contribution in [1.82, 2.24) is 10.6 Å². The van der Waals surface area contributed by atoms with Crippen molar-refractivity contribution in [3.05, 3.63) is 0 Å². The molecule has 0 radical (unpaired) electrons. The summed E-state index contributed by atoms with van der Waals surface area (Å²) in [5.74, 6) is -1.12. The molecule has 0 rings (SSSR count). The molecule has 0 saturated carbocycles. The van der Waals surface area contributed by atoms with Gasteiger partial charge in [-0.15, -0.1) is 0 Å². The van der Waals surface area contributed by atoms with Crippen molar-refractivity contribution in [1.29, 1.82) is 0 Å². The smallest absolute Gasteiger partial charge is 0.220 e. The molecule has 0 aliphatic carbocycles. The van der Waals surface area contributed by atoms with Crippen molar-refractivity contribution < 1.29 is 38.2 Å². The van der Waals surface area contributed by atoms with Crippen molar-refractivity contribution in [2.24, 2.45) is 0 Å². The number of carbonyl (C=O) groups excluding carboxylic acids is 5. The molecular formula is C19H32N2O8S. The van der Waals surface area contributed by atoms with Crippen molar-refractivity contribution in [3.63, 3.8) is 0 Å². The third-order valence-corrected chi connectivity index (χ3v) is 4.43. The second kappa shape index (κ2) is 19.2. The normalized spacial score (nSPS) is 10.5. The summed E-state index contributed by atoms with van der Waals surface area (Å²) in [6.45, 7) is 3.75. The summed E-state index contributed by atoms with van der Waals surface area (Å²) in [6.07, 6.45) is 0.0105. The first-order valence-corrected chi connectivity index (χ1v) is 10.7. The molecule has 0 spiro atoms. The SMILES string of the molecule is COCCOCCOCCNC(=O)CCC(=O)CNC(=O)CCC(=O)CSC(C)=O. The molecule has 0 aromatic rings. The molecule has 0 bridgehead atoms. The maximum absolute atomic E-state index is 11.7. The Bertz CT molecular complexity index is 557. The van der Waals surface area contributed by atoms with Crippen LogP contribution in [0.1, 0.15) is 32.6 Å². The minimum Gasteiger partial charge on any atom is -0.382 e. The van der Waals surface area contributed by atoms with Gasteiger partial charge in [0.2, 0.25) is 11.8 Å². The van der Waals surface area contributed by atoms with Crippen LogP contribution in [0, 0.1) is 0 Å². The highest BCUT2D eigenvalue weighted by atomic mass is 32.2. The summed E-state index contributed by atoms with van der Waals surface area (Å²) in [5, 5.41) is 4.91. The lowest BCUT2D eigenvalue weighted by Gasteiger charge is -2.07. The number of hydrogen-bond acceptors (Lipinski definition) is 9. The van der Waals surface area contributed by atoms with Crippen molar-refractivity contribution >= 4 is 40.3 Å². The van der Waals surface area contributed by atoms with E-state index in [1.165, 1.54) is 6.92 Å². The van der Waals surface area contributed by atoms with Crippen LogP contribution in [-0.4, -0.2) is 87.5 Å². The summed E-state index contributed by atoms with van der Waals surface area (Å²) in [6, 6.07) is 0. The Morgan fingerprint density at radius 1 is 0.733 bits per heavy atom. The number of Topliss-reactive ketones (excluding diaryl/α,β-unsaturated/α-hetero) is 2. The standard InChI is InChI=1S/C19H32N2O8S/c1-15(22)30-14-17(24)4-6-19(26)21-13-16(23)3-5-18(25)20-7-8-28-11-12-29-10-9-27-2/h3-14H2,1-2H3,(H,20,25)(H,21,26). The third-order valence-electron chi connectivity index (χ3n) is 3.55. The van der Waals surface area contributed by atoms with Gasteiger partial charge in [-0.3, -0.25) is 24.0 Å². The predicted molar refractivity (Wildman–Crippen MR) is 111 cm³/mol. The molecule has 10 nitrogen and oxygen atoms in total. The lowest BCUT2D eigenvalue weighted by atomic mass is 10.2. The number of thioether (sulfide) groups is 1. The van der Waals surface area contributed by atoms with Gasteiger partial charge in [-0.2, -0.15) is 0 Å². The van der Waals surface area contributed by atoms with E-state index in [-0.39, 0.29) is 60.6 Å². The molecule has 11 heteroatoms. The number of nitrogens with one attached hydrogen (secondary N) is 2. The van der Waals surface area contributed by atoms with Gasteiger partial charge in [0, 0.05) is 46.3 Å². The molecule has 0 aliphatic rings. The Labute approximate surface area is 181 Å². The van der Waals surface area contributed by atoms with Gasteiger partial charge in [0.15, 0.2) is 10.9 Å². The summed E-state index contributed by atoms with van der Waals surface area (Å²) < 4.78 is 15.3. The number of rotatable bonds is 19. The first-order valence-electron chi connectivity index (χ1n) is 9.69. The van der Waals surface area contributed by atoms with E-state index >= 15 is 0 Å². The lowest BCUT2D eigenvalue weighted by Crippen LogP contribution is -2.31. The Morgan fingerprint density at radius 2 is 1.30 bits per heavy atom. The van der Waals surface area contributed by atoms with E-state index in [9.17, 15) is 24.0 Å². The molecule has 2 amide bonds. The van der Waals surface area contributed by atoms with E-state index in [2.05, 4.69) is 10.6 Å². The minimum absolute atomic E-state index is 0.00842. The van der Waals surface area contributed by atoms with Crippen molar-refractivity contribution in [3.8, 4) is 0 Å². The van der Waals surface area contributed by atoms with Gasteiger partial charge in [0.25, 0.3) is 0 Å². The van der Waals surface area contributed by atoms with Crippen LogP contribution in [0.2, 0.25) is 0 Å². The highest BCUT2D eigenvalue weighted by Gasteiger charge is 2.11. The zero-order chi connectivity index (χ0) is 22.6. The predicted octanol–water partition coefficient (Wildman–Crippen LogP) is -0.123. The molecule has 172 valence electrons. The van der Waals surface area contributed by atoms with Crippen LogP contribution in [0.15, 0.2) is 0 Å².